The maximum Gasteiger partial charge on any atom is 0.408 e. The van der Waals surface area contributed by atoms with Crippen LogP contribution < -0.4 is 16.0 Å². The van der Waals surface area contributed by atoms with Gasteiger partial charge in [-0.2, -0.15) is 0 Å². The van der Waals surface area contributed by atoms with Crippen molar-refractivity contribution in [3.8, 4) is 11.1 Å². The van der Waals surface area contributed by atoms with Crippen LogP contribution in [0.2, 0.25) is 0 Å². The van der Waals surface area contributed by atoms with Crippen LogP contribution in [0.5, 0.6) is 0 Å². The molecule has 0 spiro atoms. The lowest BCUT2D eigenvalue weighted by Gasteiger charge is -2.27. The first-order chi connectivity index (χ1) is 21.2. The number of hydrogen-bond acceptors (Lipinski definition) is 8. The summed E-state index contributed by atoms with van der Waals surface area (Å²) in [5.74, 6) is -1.27. The number of alkyl carbamates (subject to hydrolysis) is 2. The van der Waals surface area contributed by atoms with Gasteiger partial charge in [0, 0.05) is 12.5 Å². The number of carbonyl (C=O) groups is 4. The molecule has 2 atom stereocenters. The molecular formula is C34H47N3O8. The van der Waals surface area contributed by atoms with Crippen LogP contribution >= 0.6 is 0 Å². The summed E-state index contributed by atoms with van der Waals surface area (Å²) in [6.07, 6.45) is -0.0323. The predicted molar refractivity (Wildman–Crippen MR) is 170 cm³/mol. The number of amides is 3. The molecule has 0 unspecified atom stereocenters. The predicted octanol–water partition coefficient (Wildman–Crippen LogP) is 5.06. The van der Waals surface area contributed by atoms with E-state index in [9.17, 15) is 19.2 Å². The Balaban J connectivity index is 1.48. The molecule has 0 saturated carbocycles. The molecule has 11 nitrogen and oxygen atoms in total. The van der Waals surface area contributed by atoms with Crippen molar-refractivity contribution in [2.24, 2.45) is 0 Å². The molecule has 0 heterocycles. The summed E-state index contributed by atoms with van der Waals surface area (Å²) in [5.41, 5.74) is 3.24. The molecule has 45 heavy (non-hydrogen) atoms. The first-order valence-corrected chi connectivity index (χ1v) is 15.3. The number of rotatable bonds is 13. The van der Waals surface area contributed by atoms with E-state index in [1.165, 1.54) is 7.11 Å². The Morgan fingerprint density at radius 3 is 1.93 bits per heavy atom. The van der Waals surface area contributed by atoms with Gasteiger partial charge < -0.3 is 34.9 Å². The Bertz CT molecular complexity index is 1290. The minimum atomic E-state index is -1.11. The molecule has 0 saturated heterocycles. The van der Waals surface area contributed by atoms with Crippen LogP contribution in [0, 0.1) is 0 Å². The van der Waals surface area contributed by atoms with Crippen molar-refractivity contribution >= 4 is 24.1 Å². The second-order valence-electron chi connectivity index (χ2n) is 13.0. The normalized spacial score (nSPS) is 13.9. The van der Waals surface area contributed by atoms with Gasteiger partial charge >= 0.3 is 18.2 Å². The molecule has 0 aliphatic heterocycles. The zero-order valence-corrected chi connectivity index (χ0v) is 27.4. The van der Waals surface area contributed by atoms with Gasteiger partial charge in [-0.1, -0.05) is 48.5 Å². The van der Waals surface area contributed by atoms with Crippen molar-refractivity contribution < 1.29 is 38.1 Å². The van der Waals surface area contributed by atoms with Crippen LogP contribution in [0.4, 0.5) is 9.59 Å². The molecule has 3 N–H and O–H groups in total. The molecule has 3 rings (SSSR count). The van der Waals surface area contributed by atoms with E-state index in [0.717, 1.165) is 22.3 Å². The van der Waals surface area contributed by atoms with Gasteiger partial charge in [-0.25, -0.2) is 14.4 Å². The van der Waals surface area contributed by atoms with Crippen LogP contribution in [0.3, 0.4) is 0 Å². The lowest BCUT2D eigenvalue weighted by atomic mass is 9.98. The van der Waals surface area contributed by atoms with E-state index in [2.05, 4.69) is 40.2 Å². The third-order valence-corrected chi connectivity index (χ3v) is 7.03. The maximum absolute atomic E-state index is 13.2. The zero-order chi connectivity index (χ0) is 33.2. The molecule has 3 amide bonds. The van der Waals surface area contributed by atoms with Gasteiger partial charge in [0.05, 0.1) is 19.3 Å². The fourth-order valence-electron chi connectivity index (χ4n) is 4.94. The number of unbranched alkanes of at least 4 members (excludes halogenated alkanes) is 1. The van der Waals surface area contributed by atoms with Crippen LogP contribution in [0.15, 0.2) is 48.5 Å². The van der Waals surface area contributed by atoms with E-state index in [1.807, 2.05) is 45.0 Å². The van der Waals surface area contributed by atoms with Crippen molar-refractivity contribution in [1.82, 2.24) is 16.0 Å². The van der Waals surface area contributed by atoms with Crippen molar-refractivity contribution in [3.05, 3.63) is 59.7 Å². The molecule has 246 valence electrons. The third-order valence-electron chi connectivity index (χ3n) is 7.03. The first-order valence-electron chi connectivity index (χ1n) is 15.3. The highest BCUT2D eigenvalue weighted by molar-refractivity contribution is 5.89. The van der Waals surface area contributed by atoms with Gasteiger partial charge in [-0.05, 0) is 83.1 Å². The summed E-state index contributed by atoms with van der Waals surface area (Å²) in [7, 11) is 1.24. The topological polar surface area (TPSA) is 141 Å². The lowest BCUT2D eigenvalue weighted by molar-refractivity contribution is -0.146. The summed E-state index contributed by atoms with van der Waals surface area (Å²) < 4.78 is 21.5. The summed E-state index contributed by atoms with van der Waals surface area (Å²) >= 11 is 0. The quantitative estimate of drug-likeness (QED) is 0.159. The van der Waals surface area contributed by atoms with E-state index < -0.39 is 47.3 Å². The van der Waals surface area contributed by atoms with Crippen LogP contribution in [-0.2, 0) is 28.5 Å². The summed E-state index contributed by atoms with van der Waals surface area (Å²) in [6.45, 7) is 11.0. The molecule has 1 aliphatic carbocycles. The monoisotopic (exact) mass is 625 g/mol. The largest absolute Gasteiger partial charge is 0.467 e. The van der Waals surface area contributed by atoms with Crippen LogP contribution in [0.25, 0.3) is 11.1 Å². The number of nitrogens with one attached hydrogen (secondary N) is 3. The fourth-order valence-corrected chi connectivity index (χ4v) is 4.94. The molecule has 0 radical (unpaired) electrons. The molecule has 2 aromatic rings. The van der Waals surface area contributed by atoms with Crippen molar-refractivity contribution in [2.45, 2.75) is 90.0 Å². The Labute approximate surface area is 265 Å². The van der Waals surface area contributed by atoms with E-state index in [-0.39, 0.29) is 25.6 Å². The van der Waals surface area contributed by atoms with Gasteiger partial charge in [0.25, 0.3) is 0 Å². The number of hydrogen-bond donors (Lipinski definition) is 3. The van der Waals surface area contributed by atoms with Gasteiger partial charge in [-0.3, -0.25) is 4.79 Å². The second-order valence-corrected chi connectivity index (χ2v) is 13.0. The van der Waals surface area contributed by atoms with E-state index in [4.69, 9.17) is 18.9 Å². The Hall–Kier alpha value is -4.12. The average molecular weight is 626 g/mol. The number of methoxy groups -OCH3 is 1. The molecule has 11 heteroatoms. The summed E-state index contributed by atoms with van der Waals surface area (Å²) in [4.78, 5) is 50.5. The molecule has 0 aromatic heterocycles. The van der Waals surface area contributed by atoms with Gasteiger partial charge in [0.1, 0.15) is 24.3 Å². The molecule has 0 bridgehead atoms. The fraction of sp³-hybridized carbons (Fsp3) is 0.529. The summed E-state index contributed by atoms with van der Waals surface area (Å²) in [6, 6.07) is 14.2. The van der Waals surface area contributed by atoms with Crippen molar-refractivity contribution in [1.29, 1.82) is 0 Å². The number of esters is 1. The minimum Gasteiger partial charge on any atom is -0.467 e. The minimum absolute atomic E-state index is 0.0324. The Morgan fingerprint density at radius 1 is 0.778 bits per heavy atom. The number of ether oxygens (including phenoxy) is 4. The van der Waals surface area contributed by atoms with Crippen molar-refractivity contribution in [3.63, 3.8) is 0 Å². The van der Waals surface area contributed by atoms with Crippen LogP contribution in [0.1, 0.15) is 77.8 Å². The third kappa shape index (κ3) is 11.1. The standard InChI is InChI=1S/C34H47N3O8/c1-33(2,3)44-21-28(37-32(41)45-34(4,5)6)29(38)36-27(30(39)42-7)18-12-13-19-35-31(40)43-20-26-24-16-10-8-14-22(24)23-15-9-11-17-25(23)26/h8-11,14-17,26-28H,12-13,18-21H2,1-7H3,(H,35,40)(H,36,38)(H,37,41)/t27-,28-/m0/s1. The van der Waals surface area contributed by atoms with E-state index >= 15 is 0 Å². The van der Waals surface area contributed by atoms with Gasteiger partial charge in [0.2, 0.25) is 5.91 Å². The second kappa shape index (κ2) is 15.7. The SMILES string of the molecule is COC(=O)[C@H](CCCCNC(=O)OCC1c2ccccc2-c2ccccc21)NC(=O)[C@H](COC(C)(C)C)NC(=O)OC(C)(C)C. The Morgan fingerprint density at radius 2 is 1.38 bits per heavy atom. The highest BCUT2D eigenvalue weighted by Crippen LogP contribution is 2.44. The molecule has 1 aliphatic rings. The molecule has 0 fully saturated rings. The number of carbonyl (C=O) groups excluding carboxylic acids is 4. The lowest BCUT2D eigenvalue weighted by Crippen LogP contribution is -2.54. The molecular weight excluding hydrogens is 578 g/mol. The highest BCUT2D eigenvalue weighted by Gasteiger charge is 2.31. The maximum atomic E-state index is 13.2. The summed E-state index contributed by atoms with van der Waals surface area (Å²) in [5, 5.41) is 7.95. The van der Waals surface area contributed by atoms with E-state index in [0.29, 0.717) is 19.4 Å². The smallest absolute Gasteiger partial charge is 0.408 e. The zero-order valence-electron chi connectivity index (χ0n) is 27.4. The highest BCUT2D eigenvalue weighted by atomic mass is 16.6. The van der Waals surface area contributed by atoms with Crippen LogP contribution in [-0.4, -0.2) is 74.2 Å². The number of fused-ring (bicyclic) bond motifs is 3. The Kier molecular flexibility index (Phi) is 12.4. The molecule has 2 aromatic carbocycles. The van der Waals surface area contributed by atoms with Crippen molar-refractivity contribution in [2.75, 3.05) is 26.9 Å². The van der Waals surface area contributed by atoms with Gasteiger partial charge in [-0.15, -0.1) is 0 Å². The number of benzene rings is 2. The van der Waals surface area contributed by atoms with Gasteiger partial charge in [0.15, 0.2) is 0 Å². The first kappa shape index (κ1) is 35.4. The van der Waals surface area contributed by atoms with E-state index in [1.54, 1.807) is 20.8 Å². The average Bonchev–Trinajstić information content (AvgIpc) is 3.29.